The van der Waals surface area contributed by atoms with Crippen molar-refractivity contribution in [1.82, 2.24) is 15.5 Å². The van der Waals surface area contributed by atoms with Gasteiger partial charge in [-0.05, 0) is 6.92 Å². The standard InChI is InChI=1S/C17H33N3O7/c1-15(17(23)19-14-16(21)22)20-4-8-26-12-10-24-6-2-18-3-7-25-11-13-27-9-5-20/h15,18H,2-14H2,1H3,(H,19,23)(H,21,22). The first-order valence-electron chi connectivity index (χ1n) is 9.36. The highest BCUT2D eigenvalue weighted by atomic mass is 16.5. The van der Waals surface area contributed by atoms with Gasteiger partial charge in [0, 0.05) is 26.2 Å². The molecule has 0 bridgehead atoms. The molecular weight excluding hydrogens is 358 g/mol. The summed E-state index contributed by atoms with van der Waals surface area (Å²) < 4.78 is 22.1. The smallest absolute Gasteiger partial charge is 0.322 e. The molecule has 0 saturated carbocycles. The minimum Gasteiger partial charge on any atom is -0.480 e. The van der Waals surface area contributed by atoms with E-state index in [0.717, 1.165) is 13.1 Å². The number of hydrogen-bond donors (Lipinski definition) is 3. The molecule has 1 saturated heterocycles. The van der Waals surface area contributed by atoms with Gasteiger partial charge in [-0.2, -0.15) is 0 Å². The summed E-state index contributed by atoms with van der Waals surface area (Å²) in [5.41, 5.74) is 0. The minimum absolute atomic E-state index is 0.335. The lowest BCUT2D eigenvalue weighted by atomic mass is 10.2. The van der Waals surface area contributed by atoms with Gasteiger partial charge in [-0.1, -0.05) is 0 Å². The zero-order valence-corrected chi connectivity index (χ0v) is 16.1. The predicted octanol–water partition coefficient (Wildman–Crippen LogP) is -1.45. The van der Waals surface area contributed by atoms with E-state index in [9.17, 15) is 9.59 Å². The molecule has 27 heavy (non-hydrogen) atoms. The first-order chi connectivity index (χ1) is 13.1. The van der Waals surface area contributed by atoms with Crippen LogP contribution >= 0.6 is 0 Å². The van der Waals surface area contributed by atoms with Crippen LogP contribution in [-0.4, -0.2) is 114 Å². The van der Waals surface area contributed by atoms with Gasteiger partial charge in [0.2, 0.25) is 5.91 Å². The molecule has 1 aliphatic heterocycles. The number of carboxylic acid groups (broad SMARTS) is 1. The highest BCUT2D eigenvalue weighted by Gasteiger charge is 2.21. The van der Waals surface area contributed by atoms with Crippen LogP contribution < -0.4 is 10.6 Å². The van der Waals surface area contributed by atoms with Gasteiger partial charge in [0.1, 0.15) is 6.54 Å². The number of aliphatic carboxylic acids is 1. The van der Waals surface area contributed by atoms with Crippen molar-refractivity contribution in [2.75, 3.05) is 85.6 Å². The van der Waals surface area contributed by atoms with Crippen LogP contribution in [0.2, 0.25) is 0 Å². The van der Waals surface area contributed by atoms with Crippen molar-refractivity contribution < 1.29 is 33.6 Å². The normalized spacial score (nSPS) is 21.5. The third-order valence-corrected chi connectivity index (χ3v) is 3.98. The number of amides is 1. The van der Waals surface area contributed by atoms with Gasteiger partial charge in [-0.3, -0.25) is 14.5 Å². The van der Waals surface area contributed by atoms with E-state index in [2.05, 4.69) is 10.6 Å². The van der Waals surface area contributed by atoms with Gasteiger partial charge < -0.3 is 34.7 Å². The van der Waals surface area contributed by atoms with Crippen LogP contribution in [0.3, 0.4) is 0 Å². The fourth-order valence-corrected chi connectivity index (χ4v) is 2.40. The molecule has 3 N–H and O–H groups in total. The number of ether oxygens (including phenoxy) is 4. The Bertz CT molecular complexity index is 394. The molecule has 1 atom stereocenters. The molecule has 0 aromatic heterocycles. The lowest BCUT2D eigenvalue weighted by Crippen LogP contribution is -2.48. The Morgan fingerprint density at radius 3 is 1.89 bits per heavy atom. The van der Waals surface area contributed by atoms with E-state index >= 15 is 0 Å². The van der Waals surface area contributed by atoms with Gasteiger partial charge in [-0.25, -0.2) is 0 Å². The highest BCUT2D eigenvalue weighted by molar-refractivity contribution is 5.84. The Hall–Kier alpha value is -1.30. The van der Waals surface area contributed by atoms with Crippen LogP contribution in [0.5, 0.6) is 0 Å². The predicted molar refractivity (Wildman–Crippen MR) is 97.8 cm³/mol. The molecule has 0 radical (unpaired) electrons. The second-order valence-electron chi connectivity index (χ2n) is 6.02. The van der Waals surface area contributed by atoms with Crippen LogP contribution in [0, 0.1) is 0 Å². The number of nitrogens with one attached hydrogen (secondary N) is 2. The molecule has 158 valence electrons. The van der Waals surface area contributed by atoms with Crippen LogP contribution in [0.1, 0.15) is 6.92 Å². The van der Waals surface area contributed by atoms with Crippen molar-refractivity contribution in [2.24, 2.45) is 0 Å². The SMILES string of the molecule is CC(C(=O)NCC(=O)O)N1CCOCCOCCNCCOCCOCC1. The number of hydrogen-bond acceptors (Lipinski definition) is 8. The summed E-state index contributed by atoms with van der Waals surface area (Å²) in [6, 6.07) is -0.485. The first-order valence-corrected chi connectivity index (χ1v) is 9.36. The van der Waals surface area contributed by atoms with Crippen LogP contribution in [-0.2, 0) is 28.5 Å². The number of carboxylic acids is 1. The third-order valence-electron chi connectivity index (χ3n) is 3.98. The van der Waals surface area contributed by atoms with Crippen LogP contribution in [0.4, 0.5) is 0 Å². The number of carbonyl (C=O) groups is 2. The Balaban J connectivity index is 2.44. The third kappa shape index (κ3) is 12.7. The van der Waals surface area contributed by atoms with Crippen molar-refractivity contribution in [2.45, 2.75) is 13.0 Å². The summed E-state index contributed by atoms with van der Waals surface area (Å²) in [7, 11) is 0. The molecule has 0 spiro atoms. The molecule has 0 aliphatic carbocycles. The molecule has 1 heterocycles. The maximum Gasteiger partial charge on any atom is 0.322 e. The molecule has 1 fully saturated rings. The average Bonchev–Trinajstić information content (AvgIpc) is 2.65. The lowest BCUT2D eigenvalue weighted by molar-refractivity contribution is -0.138. The number of carbonyl (C=O) groups excluding carboxylic acids is 1. The molecule has 1 rings (SSSR count). The number of rotatable bonds is 4. The van der Waals surface area contributed by atoms with E-state index in [4.69, 9.17) is 24.1 Å². The summed E-state index contributed by atoms with van der Waals surface area (Å²) in [5, 5.41) is 14.3. The van der Waals surface area contributed by atoms with E-state index in [0.29, 0.717) is 65.9 Å². The molecule has 10 nitrogen and oxygen atoms in total. The van der Waals surface area contributed by atoms with Gasteiger partial charge in [0.05, 0.1) is 58.9 Å². The summed E-state index contributed by atoms with van der Waals surface area (Å²) in [6.07, 6.45) is 0. The van der Waals surface area contributed by atoms with Crippen molar-refractivity contribution in [3.63, 3.8) is 0 Å². The lowest BCUT2D eigenvalue weighted by Gasteiger charge is -2.28. The fraction of sp³-hybridized carbons (Fsp3) is 0.882. The van der Waals surface area contributed by atoms with Crippen LogP contribution in [0.25, 0.3) is 0 Å². The van der Waals surface area contributed by atoms with Crippen LogP contribution in [0.15, 0.2) is 0 Å². The van der Waals surface area contributed by atoms with Gasteiger partial charge in [0.15, 0.2) is 0 Å². The molecule has 1 amide bonds. The largest absolute Gasteiger partial charge is 0.480 e. The van der Waals surface area contributed by atoms with Crippen molar-refractivity contribution >= 4 is 11.9 Å². The summed E-state index contributed by atoms with van der Waals surface area (Å²) in [4.78, 5) is 24.7. The summed E-state index contributed by atoms with van der Waals surface area (Å²) in [5.74, 6) is -1.41. The second kappa shape index (κ2) is 15.7. The van der Waals surface area contributed by atoms with E-state index in [-0.39, 0.29) is 5.91 Å². The van der Waals surface area contributed by atoms with E-state index in [1.54, 1.807) is 6.92 Å². The zero-order chi connectivity index (χ0) is 19.7. The fourth-order valence-electron chi connectivity index (χ4n) is 2.40. The molecular formula is C17H33N3O7. The van der Waals surface area contributed by atoms with E-state index in [1.807, 2.05) is 4.90 Å². The first kappa shape index (κ1) is 23.7. The molecule has 0 aromatic rings. The second-order valence-corrected chi connectivity index (χ2v) is 6.02. The van der Waals surface area contributed by atoms with Crippen molar-refractivity contribution in [3.05, 3.63) is 0 Å². The minimum atomic E-state index is -1.07. The van der Waals surface area contributed by atoms with Gasteiger partial charge >= 0.3 is 5.97 Å². The summed E-state index contributed by atoms with van der Waals surface area (Å²) in [6.45, 7) is 8.02. The number of nitrogens with zero attached hydrogens (tertiary/aromatic N) is 1. The van der Waals surface area contributed by atoms with Crippen molar-refractivity contribution in [3.8, 4) is 0 Å². The molecule has 1 aliphatic rings. The van der Waals surface area contributed by atoms with Gasteiger partial charge in [0.25, 0.3) is 0 Å². The molecule has 0 aromatic carbocycles. The Morgan fingerprint density at radius 1 is 0.926 bits per heavy atom. The monoisotopic (exact) mass is 391 g/mol. The maximum absolute atomic E-state index is 12.1. The van der Waals surface area contributed by atoms with E-state index in [1.165, 1.54) is 0 Å². The molecule has 10 heteroatoms. The quantitative estimate of drug-likeness (QED) is 0.529. The Labute approximate surface area is 160 Å². The highest BCUT2D eigenvalue weighted by Crippen LogP contribution is 2.00. The zero-order valence-electron chi connectivity index (χ0n) is 16.1. The molecule has 1 unspecified atom stereocenters. The van der Waals surface area contributed by atoms with E-state index < -0.39 is 18.6 Å². The Kier molecular flexibility index (Phi) is 13.8. The van der Waals surface area contributed by atoms with Crippen molar-refractivity contribution in [1.29, 1.82) is 0 Å². The maximum atomic E-state index is 12.1. The Morgan fingerprint density at radius 2 is 1.41 bits per heavy atom. The average molecular weight is 391 g/mol. The van der Waals surface area contributed by atoms with Gasteiger partial charge in [-0.15, -0.1) is 0 Å². The topological polar surface area (TPSA) is 119 Å². The summed E-state index contributed by atoms with van der Waals surface area (Å²) >= 11 is 0.